The van der Waals surface area contributed by atoms with Gasteiger partial charge >= 0.3 is 18.2 Å². The van der Waals surface area contributed by atoms with Crippen molar-refractivity contribution in [1.29, 1.82) is 0 Å². The van der Waals surface area contributed by atoms with Crippen molar-refractivity contribution in [2.45, 2.75) is 102 Å². The van der Waals surface area contributed by atoms with Crippen molar-refractivity contribution in [3.8, 4) is 15.9 Å². The van der Waals surface area contributed by atoms with Crippen LogP contribution in [-0.2, 0) is 19.1 Å². The molecular weight excluding hydrogens is 797 g/mol. The number of carbonyl (C=O) groups is 4. The average molecular weight is 857 g/mol. The van der Waals surface area contributed by atoms with Gasteiger partial charge in [-0.3, -0.25) is 4.79 Å². The molecule has 6 rings (SSSR count). The number of aliphatic carboxylic acids is 1. The number of hydrogen-bond donors (Lipinski definition) is 1. The number of ether oxygens (including phenoxy) is 5. The van der Waals surface area contributed by atoms with Gasteiger partial charge in [-0.2, -0.15) is 0 Å². The van der Waals surface area contributed by atoms with E-state index in [0.29, 0.717) is 87.9 Å². The summed E-state index contributed by atoms with van der Waals surface area (Å²) in [6, 6.07) is 14.6. The molecule has 59 heavy (non-hydrogen) atoms. The second-order valence-corrected chi connectivity index (χ2v) is 17.6. The molecule has 3 fully saturated rings. The number of nitrogens with zero attached hydrogens (tertiary/aromatic N) is 4. The Kier molecular flexibility index (Phi) is 15.8. The number of benzene rings is 1. The van der Waals surface area contributed by atoms with Crippen molar-refractivity contribution in [3.63, 3.8) is 0 Å². The SMILES string of the molecule is CCCC1N(C(=O)OC)CCCC1(Oc1ccc(C)s1)C(=O)N1CCN(c2ccccc2OC)CC1.CCCC1N(C(=O)OC)CCCC1(Oc1ccc(C)s1)C(=O)O. The molecule has 3 aliphatic rings. The number of para-hydroxylation sites is 2. The normalized spacial score (nSPS) is 23.1. The quantitative estimate of drug-likeness (QED) is 0.190. The van der Waals surface area contributed by atoms with Gasteiger partial charge in [-0.05, 0) is 75.9 Å². The van der Waals surface area contributed by atoms with Crippen LogP contribution in [0.25, 0.3) is 0 Å². The number of methoxy groups -OCH3 is 3. The Morgan fingerprint density at radius 3 is 1.64 bits per heavy atom. The summed E-state index contributed by atoms with van der Waals surface area (Å²) in [5.41, 5.74) is -1.54. The molecular formula is C43H60N4O10S2. The fourth-order valence-corrected chi connectivity index (χ4v) is 10.2. The second kappa shape index (κ2) is 20.5. The molecule has 2 aromatic heterocycles. The molecule has 3 saturated heterocycles. The zero-order chi connectivity index (χ0) is 42.7. The molecule has 0 radical (unpaired) electrons. The standard InChI is InChI=1S/C27H37N3O5S.C16H23NO5S/c1-5-9-23-27(35-24-13-12-20(2)36-24,14-8-15-30(23)26(32)34-4)25(31)29-18-16-28(17-19-29)21-10-6-7-11-22(21)33-3;1-4-6-12-16(14(18)19,22-13-8-7-11(2)23-13)9-5-10-17(12)15(20)21-3/h6-7,10-13,23H,5,8-9,14-19H2,1-4H3;7-8,12H,4-6,9-10H2,1-3H3,(H,18,19). The van der Waals surface area contributed by atoms with E-state index in [1.165, 1.54) is 41.8 Å². The summed E-state index contributed by atoms with van der Waals surface area (Å²) in [6.07, 6.45) is 4.04. The van der Waals surface area contributed by atoms with Crippen LogP contribution in [0, 0.1) is 13.8 Å². The van der Waals surface area contributed by atoms with Gasteiger partial charge in [0.05, 0.1) is 39.1 Å². The second-order valence-electron chi connectivity index (χ2n) is 15.1. The fraction of sp³-hybridized carbons (Fsp3) is 0.581. The Hall–Kier alpha value is -4.70. The summed E-state index contributed by atoms with van der Waals surface area (Å²) in [5.74, 6) is -0.245. The van der Waals surface area contributed by atoms with Gasteiger partial charge in [-0.25, -0.2) is 14.4 Å². The number of likely N-dealkylation sites (tertiary alicyclic amines) is 2. The van der Waals surface area contributed by atoms with Gasteiger partial charge in [0.2, 0.25) is 11.2 Å². The van der Waals surface area contributed by atoms with Crippen LogP contribution in [0.15, 0.2) is 48.5 Å². The minimum Gasteiger partial charge on any atom is -0.495 e. The number of amides is 3. The minimum atomic E-state index is -1.43. The van der Waals surface area contributed by atoms with E-state index in [-0.39, 0.29) is 5.91 Å². The monoisotopic (exact) mass is 856 g/mol. The summed E-state index contributed by atoms with van der Waals surface area (Å²) in [5, 5.41) is 11.2. The molecule has 0 bridgehead atoms. The molecule has 4 unspecified atom stereocenters. The summed E-state index contributed by atoms with van der Waals surface area (Å²) >= 11 is 2.94. The Labute approximate surface area is 355 Å². The Bertz CT molecular complexity index is 1880. The van der Waals surface area contributed by atoms with E-state index in [1.807, 2.05) is 68.1 Å². The van der Waals surface area contributed by atoms with Crippen molar-refractivity contribution in [3.05, 3.63) is 58.3 Å². The van der Waals surface area contributed by atoms with Crippen LogP contribution < -0.4 is 19.1 Å². The predicted molar refractivity (Wildman–Crippen MR) is 228 cm³/mol. The number of carboxylic acid groups (broad SMARTS) is 1. The maximum Gasteiger partial charge on any atom is 0.409 e. The molecule has 5 heterocycles. The fourth-order valence-electron chi connectivity index (χ4n) is 8.60. The highest BCUT2D eigenvalue weighted by molar-refractivity contribution is 7.14. The van der Waals surface area contributed by atoms with Crippen LogP contribution in [0.1, 0.15) is 75.0 Å². The zero-order valence-corrected chi connectivity index (χ0v) is 37.0. The lowest BCUT2D eigenvalue weighted by Crippen LogP contribution is -2.69. The molecule has 0 aliphatic carbocycles. The summed E-state index contributed by atoms with van der Waals surface area (Å²) in [6.45, 7) is 11.6. The molecule has 14 nitrogen and oxygen atoms in total. The molecule has 0 saturated carbocycles. The van der Waals surface area contributed by atoms with Crippen molar-refractivity contribution >= 4 is 52.4 Å². The van der Waals surface area contributed by atoms with Crippen LogP contribution in [0.3, 0.4) is 0 Å². The van der Waals surface area contributed by atoms with Gasteiger partial charge in [-0.15, -0.1) is 22.7 Å². The van der Waals surface area contributed by atoms with Crippen molar-refractivity contribution < 1.29 is 48.0 Å². The first-order valence-electron chi connectivity index (χ1n) is 20.5. The van der Waals surface area contributed by atoms with E-state index in [2.05, 4.69) is 11.8 Å². The van der Waals surface area contributed by atoms with Gasteiger partial charge in [0.25, 0.3) is 5.91 Å². The van der Waals surface area contributed by atoms with Gasteiger partial charge in [0, 0.05) is 61.9 Å². The van der Waals surface area contributed by atoms with E-state index in [4.69, 9.17) is 23.7 Å². The number of carboxylic acids is 1. The van der Waals surface area contributed by atoms with Crippen LogP contribution in [0.5, 0.6) is 15.9 Å². The van der Waals surface area contributed by atoms with Crippen molar-refractivity contribution in [1.82, 2.24) is 14.7 Å². The third-order valence-electron chi connectivity index (χ3n) is 11.4. The third-order valence-corrected chi connectivity index (χ3v) is 13.1. The molecule has 1 aromatic carbocycles. The van der Waals surface area contributed by atoms with Crippen LogP contribution >= 0.6 is 22.7 Å². The van der Waals surface area contributed by atoms with E-state index in [9.17, 15) is 24.3 Å². The van der Waals surface area contributed by atoms with Gasteiger partial charge in [0.15, 0.2) is 10.1 Å². The molecule has 4 atom stereocenters. The lowest BCUT2D eigenvalue weighted by atomic mass is 9.80. The number of thiophene rings is 2. The van der Waals surface area contributed by atoms with E-state index in [0.717, 1.165) is 34.0 Å². The number of rotatable bonds is 12. The highest BCUT2D eigenvalue weighted by atomic mass is 32.1. The van der Waals surface area contributed by atoms with Crippen molar-refractivity contribution in [2.24, 2.45) is 0 Å². The molecule has 0 spiro atoms. The average Bonchev–Trinajstić information content (AvgIpc) is 3.86. The third kappa shape index (κ3) is 10.0. The minimum absolute atomic E-state index is 0.0414. The molecule has 16 heteroatoms. The number of hydrogen-bond acceptors (Lipinski definition) is 12. The first-order chi connectivity index (χ1) is 28.4. The maximum absolute atomic E-state index is 14.4. The number of piperazine rings is 1. The number of carbonyl (C=O) groups excluding carboxylic acids is 3. The summed E-state index contributed by atoms with van der Waals surface area (Å²) in [4.78, 5) is 60.9. The van der Waals surface area contributed by atoms with E-state index < -0.39 is 41.4 Å². The Morgan fingerprint density at radius 1 is 0.695 bits per heavy atom. The van der Waals surface area contributed by atoms with Gasteiger partial charge < -0.3 is 48.4 Å². The maximum atomic E-state index is 14.4. The Morgan fingerprint density at radius 2 is 1.19 bits per heavy atom. The molecule has 3 aromatic rings. The topological polar surface area (TPSA) is 148 Å². The number of piperidine rings is 2. The molecule has 3 amide bonds. The van der Waals surface area contributed by atoms with E-state index in [1.54, 1.807) is 18.1 Å². The predicted octanol–water partition coefficient (Wildman–Crippen LogP) is 7.85. The van der Waals surface area contributed by atoms with Crippen LogP contribution in [0.4, 0.5) is 15.3 Å². The van der Waals surface area contributed by atoms with Gasteiger partial charge in [0.1, 0.15) is 5.75 Å². The smallest absolute Gasteiger partial charge is 0.409 e. The lowest BCUT2D eigenvalue weighted by Gasteiger charge is -2.50. The molecule has 3 aliphatic heterocycles. The van der Waals surface area contributed by atoms with Gasteiger partial charge in [-0.1, -0.05) is 38.8 Å². The largest absolute Gasteiger partial charge is 0.495 e. The highest BCUT2D eigenvalue weighted by Gasteiger charge is 2.56. The first-order valence-corrected chi connectivity index (χ1v) is 22.1. The summed E-state index contributed by atoms with van der Waals surface area (Å²) in [7, 11) is 4.38. The van der Waals surface area contributed by atoms with Crippen LogP contribution in [-0.4, -0.2) is 128 Å². The molecule has 324 valence electrons. The molecule has 1 N–H and O–H groups in total. The Balaban J connectivity index is 0.000000248. The first kappa shape index (κ1) is 45.4. The van der Waals surface area contributed by atoms with Crippen LogP contribution in [0.2, 0.25) is 0 Å². The number of anilines is 1. The zero-order valence-electron chi connectivity index (χ0n) is 35.4. The van der Waals surface area contributed by atoms with E-state index >= 15 is 0 Å². The highest BCUT2D eigenvalue weighted by Crippen LogP contribution is 2.41. The van der Waals surface area contributed by atoms with Crippen molar-refractivity contribution in [2.75, 3.05) is 65.5 Å². The summed E-state index contributed by atoms with van der Waals surface area (Å²) < 4.78 is 28.1. The number of aryl methyl sites for hydroxylation is 2. The lowest BCUT2D eigenvalue weighted by molar-refractivity contribution is -0.166.